The van der Waals surface area contributed by atoms with Gasteiger partial charge in [-0.3, -0.25) is 9.48 Å². The minimum absolute atomic E-state index is 0.0872. The molecule has 0 radical (unpaired) electrons. The fourth-order valence-corrected chi connectivity index (χ4v) is 1.66. The molecule has 0 aliphatic heterocycles. The lowest BCUT2D eigenvalue weighted by Gasteiger charge is -2.10. The Morgan fingerprint density at radius 3 is 3.06 bits per heavy atom. The van der Waals surface area contributed by atoms with E-state index in [-0.39, 0.29) is 11.9 Å². The van der Waals surface area contributed by atoms with Gasteiger partial charge < -0.3 is 11.1 Å². The van der Waals surface area contributed by atoms with Gasteiger partial charge in [0.1, 0.15) is 0 Å². The lowest BCUT2D eigenvalue weighted by molar-refractivity contribution is 0.0950. The third-order valence-electron chi connectivity index (χ3n) is 2.95. The first-order valence-electron chi connectivity index (χ1n) is 5.77. The molecular formula is C11H18N4O. The number of carbonyl (C=O) groups excluding carboxylic acids is 1. The zero-order valence-corrected chi connectivity index (χ0v) is 9.52. The summed E-state index contributed by atoms with van der Waals surface area (Å²) in [4.78, 5) is 11.7. The number of hydrogen-bond donors (Lipinski definition) is 2. The SMILES string of the molecule is CCn1cc(C(=O)NCC(N)C2CC2)cn1. The summed E-state index contributed by atoms with van der Waals surface area (Å²) in [5.41, 5.74) is 6.50. The van der Waals surface area contributed by atoms with Crippen LogP contribution in [0.2, 0.25) is 0 Å². The maximum absolute atomic E-state index is 11.7. The third-order valence-corrected chi connectivity index (χ3v) is 2.95. The molecule has 1 aromatic rings. The van der Waals surface area contributed by atoms with E-state index >= 15 is 0 Å². The minimum atomic E-state index is -0.0872. The molecule has 0 saturated heterocycles. The quantitative estimate of drug-likeness (QED) is 0.756. The van der Waals surface area contributed by atoms with E-state index in [1.54, 1.807) is 17.1 Å². The minimum Gasteiger partial charge on any atom is -0.350 e. The number of aryl methyl sites for hydroxylation is 1. The molecule has 1 unspecified atom stereocenters. The van der Waals surface area contributed by atoms with Gasteiger partial charge in [0.25, 0.3) is 5.91 Å². The van der Waals surface area contributed by atoms with Crippen molar-refractivity contribution in [1.82, 2.24) is 15.1 Å². The lowest BCUT2D eigenvalue weighted by Crippen LogP contribution is -2.38. The summed E-state index contributed by atoms with van der Waals surface area (Å²) < 4.78 is 1.73. The van der Waals surface area contributed by atoms with E-state index in [0.717, 1.165) is 6.54 Å². The second-order valence-electron chi connectivity index (χ2n) is 4.30. The number of nitrogens with two attached hydrogens (primary N) is 1. The van der Waals surface area contributed by atoms with E-state index in [1.807, 2.05) is 6.92 Å². The number of hydrogen-bond acceptors (Lipinski definition) is 3. The normalized spacial score (nSPS) is 17.1. The summed E-state index contributed by atoms with van der Waals surface area (Å²) in [7, 11) is 0. The second kappa shape index (κ2) is 4.65. The molecule has 0 bridgehead atoms. The van der Waals surface area contributed by atoms with Crippen LogP contribution in [0, 0.1) is 5.92 Å². The van der Waals surface area contributed by atoms with E-state index in [9.17, 15) is 4.79 Å². The van der Waals surface area contributed by atoms with Crippen molar-refractivity contribution in [2.45, 2.75) is 32.4 Å². The third kappa shape index (κ3) is 2.61. The van der Waals surface area contributed by atoms with E-state index in [0.29, 0.717) is 18.0 Å². The molecule has 1 aromatic heterocycles. The Hall–Kier alpha value is -1.36. The monoisotopic (exact) mass is 222 g/mol. The van der Waals surface area contributed by atoms with E-state index in [4.69, 9.17) is 5.73 Å². The first-order chi connectivity index (χ1) is 7.70. The number of nitrogens with zero attached hydrogens (tertiary/aromatic N) is 2. The molecule has 1 heterocycles. The summed E-state index contributed by atoms with van der Waals surface area (Å²) in [6.45, 7) is 3.31. The number of rotatable bonds is 5. The largest absolute Gasteiger partial charge is 0.350 e. The summed E-state index contributed by atoms with van der Waals surface area (Å²) in [5, 5.41) is 6.90. The second-order valence-corrected chi connectivity index (χ2v) is 4.30. The van der Waals surface area contributed by atoms with Crippen LogP contribution in [0.25, 0.3) is 0 Å². The Balaban J connectivity index is 1.82. The van der Waals surface area contributed by atoms with Crippen molar-refractivity contribution in [3.8, 4) is 0 Å². The van der Waals surface area contributed by atoms with Crippen molar-refractivity contribution in [3.05, 3.63) is 18.0 Å². The molecule has 16 heavy (non-hydrogen) atoms. The highest BCUT2D eigenvalue weighted by molar-refractivity contribution is 5.93. The average Bonchev–Trinajstić information content (AvgIpc) is 3.03. The molecule has 0 aromatic carbocycles. The van der Waals surface area contributed by atoms with Crippen LogP contribution in [0.15, 0.2) is 12.4 Å². The van der Waals surface area contributed by atoms with Crippen LogP contribution >= 0.6 is 0 Å². The smallest absolute Gasteiger partial charge is 0.254 e. The molecule has 0 spiro atoms. The van der Waals surface area contributed by atoms with E-state index < -0.39 is 0 Å². The molecule has 5 heteroatoms. The first kappa shape index (κ1) is 11.1. The van der Waals surface area contributed by atoms with Crippen molar-refractivity contribution in [2.24, 2.45) is 11.7 Å². The van der Waals surface area contributed by atoms with E-state index in [2.05, 4.69) is 10.4 Å². The predicted molar refractivity (Wildman–Crippen MR) is 60.9 cm³/mol. The molecule has 1 aliphatic carbocycles. The number of amides is 1. The molecule has 5 nitrogen and oxygen atoms in total. The molecule has 1 fully saturated rings. The van der Waals surface area contributed by atoms with Crippen LogP contribution in [0.3, 0.4) is 0 Å². The average molecular weight is 222 g/mol. The summed E-state index contributed by atoms with van der Waals surface area (Å²) in [6, 6.07) is 0.102. The van der Waals surface area contributed by atoms with Gasteiger partial charge in [0.05, 0.1) is 11.8 Å². The predicted octanol–water partition coefficient (Wildman–Crippen LogP) is 0.370. The van der Waals surface area contributed by atoms with Crippen molar-refractivity contribution in [3.63, 3.8) is 0 Å². The number of carbonyl (C=O) groups is 1. The Morgan fingerprint density at radius 2 is 2.50 bits per heavy atom. The molecule has 1 aliphatic rings. The molecule has 1 atom stereocenters. The molecule has 88 valence electrons. The lowest BCUT2D eigenvalue weighted by atomic mass is 10.2. The van der Waals surface area contributed by atoms with Gasteiger partial charge in [-0.05, 0) is 25.7 Å². The van der Waals surface area contributed by atoms with Gasteiger partial charge in [-0.1, -0.05) is 0 Å². The standard InChI is InChI=1S/C11H18N4O/c1-2-15-7-9(5-14-15)11(16)13-6-10(12)8-3-4-8/h5,7-8,10H,2-4,6,12H2,1H3,(H,13,16). The highest BCUT2D eigenvalue weighted by atomic mass is 16.1. The molecule has 3 N–H and O–H groups in total. The topological polar surface area (TPSA) is 72.9 Å². The molecular weight excluding hydrogens is 204 g/mol. The van der Waals surface area contributed by atoms with Gasteiger partial charge in [0.2, 0.25) is 0 Å². The Morgan fingerprint density at radius 1 is 1.75 bits per heavy atom. The van der Waals surface area contributed by atoms with Crippen LogP contribution in [0.4, 0.5) is 0 Å². The van der Waals surface area contributed by atoms with Crippen molar-refractivity contribution in [2.75, 3.05) is 6.54 Å². The fourth-order valence-electron chi connectivity index (χ4n) is 1.66. The number of nitrogens with one attached hydrogen (secondary N) is 1. The van der Waals surface area contributed by atoms with Crippen molar-refractivity contribution < 1.29 is 4.79 Å². The van der Waals surface area contributed by atoms with Gasteiger partial charge in [-0.2, -0.15) is 5.10 Å². The molecule has 2 rings (SSSR count). The summed E-state index contributed by atoms with van der Waals surface area (Å²) in [5.74, 6) is 0.523. The van der Waals surface area contributed by atoms with Crippen LogP contribution in [0.1, 0.15) is 30.1 Å². The van der Waals surface area contributed by atoms with Crippen LogP contribution in [-0.4, -0.2) is 28.3 Å². The molecule has 1 amide bonds. The van der Waals surface area contributed by atoms with Crippen molar-refractivity contribution in [1.29, 1.82) is 0 Å². The van der Waals surface area contributed by atoms with Gasteiger partial charge in [-0.15, -0.1) is 0 Å². The zero-order chi connectivity index (χ0) is 11.5. The van der Waals surface area contributed by atoms with E-state index in [1.165, 1.54) is 12.8 Å². The van der Waals surface area contributed by atoms with Gasteiger partial charge in [0.15, 0.2) is 0 Å². The van der Waals surface area contributed by atoms with Crippen LogP contribution in [-0.2, 0) is 6.54 Å². The van der Waals surface area contributed by atoms with Gasteiger partial charge in [-0.25, -0.2) is 0 Å². The van der Waals surface area contributed by atoms with Gasteiger partial charge in [0, 0.05) is 25.3 Å². The Kier molecular flexibility index (Phi) is 3.24. The number of aromatic nitrogens is 2. The van der Waals surface area contributed by atoms with Crippen molar-refractivity contribution >= 4 is 5.91 Å². The summed E-state index contributed by atoms with van der Waals surface area (Å²) >= 11 is 0. The maximum atomic E-state index is 11.7. The van der Waals surface area contributed by atoms with Crippen LogP contribution < -0.4 is 11.1 Å². The Bertz CT molecular complexity index is 370. The summed E-state index contributed by atoms with van der Waals surface area (Å²) in [6.07, 6.45) is 5.73. The Labute approximate surface area is 95.0 Å². The fraction of sp³-hybridized carbons (Fsp3) is 0.636. The molecule has 1 saturated carbocycles. The maximum Gasteiger partial charge on any atom is 0.254 e. The van der Waals surface area contributed by atoms with Crippen LogP contribution in [0.5, 0.6) is 0 Å². The highest BCUT2D eigenvalue weighted by Crippen LogP contribution is 2.31. The first-order valence-corrected chi connectivity index (χ1v) is 5.77. The van der Waals surface area contributed by atoms with Gasteiger partial charge >= 0.3 is 0 Å². The zero-order valence-electron chi connectivity index (χ0n) is 9.52. The highest BCUT2D eigenvalue weighted by Gasteiger charge is 2.28.